The van der Waals surface area contributed by atoms with E-state index in [1.54, 1.807) is 42.5 Å². The van der Waals surface area contributed by atoms with Gasteiger partial charge in [-0.25, -0.2) is 4.98 Å². The van der Waals surface area contributed by atoms with Crippen LogP contribution in [0.25, 0.3) is 0 Å². The molecule has 3 aromatic rings. The van der Waals surface area contributed by atoms with E-state index in [-0.39, 0.29) is 29.0 Å². The molecule has 5 nitrogen and oxygen atoms in total. The van der Waals surface area contributed by atoms with Gasteiger partial charge in [0, 0.05) is 18.0 Å². The number of halogens is 2. The molecule has 0 aliphatic rings. The maximum atomic E-state index is 12.7. The van der Waals surface area contributed by atoms with Crippen molar-refractivity contribution in [2.24, 2.45) is 0 Å². The summed E-state index contributed by atoms with van der Waals surface area (Å²) >= 11 is 0.223. The molecule has 29 heavy (non-hydrogen) atoms. The molecule has 0 spiro atoms. The van der Waals surface area contributed by atoms with Crippen LogP contribution in [0.1, 0.15) is 21.5 Å². The van der Waals surface area contributed by atoms with Gasteiger partial charge >= 0.3 is 0 Å². The zero-order valence-electron chi connectivity index (χ0n) is 15.0. The average molecular weight is 411 g/mol. The standard InChI is InChI=1S/C21H15F2N3O2S/c22-21(23)29-20-18(8-3-9-25-20)19(27)26-16-6-2-7-17(11-16)28-13-15-5-1-4-14(10-15)12-24/h1-11,21H,13H2,(H,26,27). The summed E-state index contributed by atoms with van der Waals surface area (Å²) in [6.45, 7) is 0.255. The number of thioether (sulfide) groups is 1. The Hall–Kier alpha value is -3.44. The Kier molecular flexibility index (Phi) is 6.76. The molecule has 1 N–H and O–H groups in total. The van der Waals surface area contributed by atoms with E-state index in [2.05, 4.69) is 16.4 Å². The topological polar surface area (TPSA) is 75.0 Å². The molecule has 2 aromatic carbocycles. The molecule has 0 saturated heterocycles. The Morgan fingerprint density at radius 1 is 1.17 bits per heavy atom. The summed E-state index contributed by atoms with van der Waals surface area (Å²) in [5.41, 5.74) is 1.90. The number of anilines is 1. The van der Waals surface area contributed by atoms with E-state index >= 15 is 0 Å². The molecular weight excluding hydrogens is 396 g/mol. The first-order valence-electron chi connectivity index (χ1n) is 8.48. The lowest BCUT2D eigenvalue weighted by Gasteiger charge is -2.11. The van der Waals surface area contributed by atoms with E-state index in [1.165, 1.54) is 18.3 Å². The predicted molar refractivity (Wildman–Crippen MR) is 106 cm³/mol. The summed E-state index contributed by atoms with van der Waals surface area (Å²) in [6.07, 6.45) is 1.36. The quantitative estimate of drug-likeness (QED) is 0.548. The summed E-state index contributed by atoms with van der Waals surface area (Å²) < 4.78 is 31.1. The number of carbonyl (C=O) groups is 1. The lowest BCUT2D eigenvalue weighted by Crippen LogP contribution is -2.14. The van der Waals surface area contributed by atoms with Crippen LogP contribution in [-0.2, 0) is 6.61 Å². The monoisotopic (exact) mass is 411 g/mol. The van der Waals surface area contributed by atoms with Crippen LogP contribution < -0.4 is 10.1 Å². The Bertz CT molecular complexity index is 1050. The third-order valence-electron chi connectivity index (χ3n) is 3.77. The fourth-order valence-electron chi connectivity index (χ4n) is 2.50. The van der Waals surface area contributed by atoms with Gasteiger partial charge in [0.2, 0.25) is 0 Å². The molecule has 0 saturated carbocycles. The summed E-state index contributed by atoms with van der Waals surface area (Å²) in [6, 6.07) is 18.8. The normalized spacial score (nSPS) is 10.4. The molecule has 8 heteroatoms. The third kappa shape index (κ3) is 5.77. The number of carbonyl (C=O) groups excluding carboxylic acids is 1. The summed E-state index contributed by atoms with van der Waals surface area (Å²) in [5.74, 6) is -2.70. The lowest BCUT2D eigenvalue weighted by atomic mass is 10.1. The highest BCUT2D eigenvalue weighted by Crippen LogP contribution is 2.27. The first-order chi connectivity index (χ1) is 14.0. The number of rotatable bonds is 7. The minimum Gasteiger partial charge on any atom is -0.489 e. The highest BCUT2D eigenvalue weighted by atomic mass is 32.2. The summed E-state index contributed by atoms with van der Waals surface area (Å²) in [7, 11) is 0. The van der Waals surface area contributed by atoms with Gasteiger partial charge in [-0.1, -0.05) is 18.2 Å². The fourth-order valence-corrected chi connectivity index (χ4v) is 3.08. The number of amides is 1. The van der Waals surface area contributed by atoms with Crippen LogP contribution in [0.3, 0.4) is 0 Å². The molecule has 0 bridgehead atoms. The van der Waals surface area contributed by atoms with Gasteiger partial charge in [-0.2, -0.15) is 14.0 Å². The fraction of sp³-hybridized carbons (Fsp3) is 0.0952. The molecule has 146 valence electrons. The third-order valence-corrected chi connectivity index (χ3v) is 4.50. The second-order valence-corrected chi connectivity index (χ2v) is 6.80. The molecule has 0 unspecified atom stereocenters. The van der Waals surface area contributed by atoms with Crippen molar-refractivity contribution >= 4 is 23.4 Å². The van der Waals surface area contributed by atoms with Gasteiger partial charge < -0.3 is 10.1 Å². The summed E-state index contributed by atoms with van der Waals surface area (Å²) in [4.78, 5) is 16.3. The minimum absolute atomic E-state index is 0.0372. The predicted octanol–water partition coefficient (Wildman–Crippen LogP) is 5.10. The van der Waals surface area contributed by atoms with Crippen LogP contribution in [0.2, 0.25) is 0 Å². The molecule has 3 rings (SSSR count). The number of ether oxygens (including phenoxy) is 1. The highest BCUT2D eigenvalue weighted by molar-refractivity contribution is 7.99. The Morgan fingerprint density at radius 2 is 2.00 bits per heavy atom. The lowest BCUT2D eigenvalue weighted by molar-refractivity contribution is 0.102. The van der Waals surface area contributed by atoms with E-state index in [0.29, 0.717) is 17.0 Å². The number of benzene rings is 2. The number of alkyl halides is 2. The molecule has 0 atom stereocenters. The minimum atomic E-state index is -2.67. The number of hydrogen-bond acceptors (Lipinski definition) is 5. The van der Waals surface area contributed by atoms with Gasteiger partial charge in [0.25, 0.3) is 11.7 Å². The van der Waals surface area contributed by atoms with Crippen LogP contribution in [-0.4, -0.2) is 16.6 Å². The first-order valence-corrected chi connectivity index (χ1v) is 9.36. The van der Waals surface area contributed by atoms with Gasteiger partial charge in [-0.3, -0.25) is 4.79 Å². The van der Waals surface area contributed by atoms with Crippen molar-refractivity contribution in [2.45, 2.75) is 17.4 Å². The second-order valence-electron chi connectivity index (χ2n) is 5.82. The van der Waals surface area contributed by atoms with Crippen molar-refractivity contribution in [3.63, 3.8) is 0 Å². The van der Waals surface area contributed by atoms with Gasteiger partial charge in [0.05, 0.1) is 17.2 Å². The maximum Gasteiger partial charge on any atom is 0.290 e. The van der Waals surface area contributed by atoms with Crippen molar-refractivity contribution < 1.29 is 18.3 Å². The molecular formula is C21H15F2N3O2S. The van der Waals surface area contributed by atoms with Crippen molar-refractivity contribution in [3.05, 3.63) is 83.6 Å². The van der Waals surface area contributed by atoms with Gasteiger partial charge in [-0.05, 0) is 53.7 Å². The molecule has 1 heterocycles. The first kappa shape index (κ1) is 20.3. The molecule has 0 aliphatic carbocycles. The number of aromatic nitrogens is 1. The smallest absolute Gasteiger partial charge is 0.290 e. The molecule has 1 amide bonds. The Morgan fingerprint density at radius 3 is 2.79 bits per heavy atom. The zero-order chi connectivity index (χ0) is 20.6. The van der Waals surface area contributed by atoms with E-state index in [0.717, 1.165) is 5.56 Å². The SMILES string of the molecule is N#Cc1cccc(COc2cccc(NC(=O)c3cccnc3SC(F)F)c2)c1. The number of nitrogens with zero attached hydrogens (tertiary/aromatic N) is 2. The molecule has 0 aliphatic heterocycles. The van der Waals surface area contributed by atoms with E-state index < -0.39 is 11.7 Å². The molecule has 0 fully saturated rings. The van der Waals surface area contributed by atoms with Crippen LogP contribution in [0.4, 0.5) is 14.5 Å². The highest BCUT2D eigenvalue weighted by Gasteiger charge is 2.17. The van der Waals surface area contributed by atoms with Gasteiger partial charge in [-0.15, -0.1) is 0 Å². The van der Waals surface area contributed by atoms with Crippen molar-refractivity contribution in [3.8, 4) is 11.8 Å². The Balaban J connectivity index is 1.68. The van der Waals surface area contributed by atoms with Crippen LogP contribution in [0.15, 0.2) is 71.9 Å². The van der Waals surface area contributed by atoms with Crippen LogP contribution in [0.5, 0.6) is 5.75 Å². The van der Waals surface area contributed by atoms with Crippen LogP contribution >= 0.6 is 11.8 Å². The van der Waals surface area contributed by atoms with Crippen molar-refractivity contribution in [2.75, 3.05) is 5.32 Å². The summed E-state index contributed by atoms with van der Waals surface area (Å²) in [5, 5.41) is 11.6. The molecule has 0 radical (unpaired) electrons. The van der Waals surface area contributed by atoms with E-state index in [9.17, 15) is 13.6 Å². The van der Waals surface area contributed by atoms with E-state index in [4.69, 9.17) is 10.00 Å². The van der Waals surface area contributed by atoms with E-state index in [1.807, 2.05) is 6.07 Å². The van der Waals surface area contributed by atoms with Crippen molar-refractivity contribution in [1.29, 1.82) is 5.26 Å². The number of hydrogen-bond donors (Lipinski definition) is 1. The molecule has 1 aromatic heterocycles. The number of nitriles is 1. The maximum absolute atomic E-state index is 12.7. The van der Waals surface area contributed by atoms with Crippen LogP contribution in [0, 0.1) is 11.3 Å². The largest absolute Gasteiger partial charge is 0.489 e. The zero-order valence-corrected chi connectivity index (χ0v) is 15.8. The van der Waals surface area contributed by atoms with Crippen molar-refractivity contribution in [1.82, 2.24) is 4.98 Å². The van der Waals surface area contributed by atoms with Gasteiger partial charge in [0.15, 0.2) is 0 Å². The van der Waals surface area contributed by atoms with Gasteiger partial charge in [0.1, 0.15) is 17.4 Å². The second kappa shape index (κ2) is 9.66. The Labute approximate surface area is 170 Å². The number of pyridine rings is 1. The average Bonchev–Trinajstić information content (AvgIpc) is 2.72. The number of nitrogens with one attached hydrogen (secondary N) is 1.